The van der Waals surface area contributed by atoms with Crippen molar-refractivity contribution in [2.24, 2.45) is 5.92 Å². The van der Waals surface area contributed by atoms with E-state index in [4.69, 9.17) is 0 Å². The highest BCUT2D eigenvalue weighted by Crippen LogP contribution is 2.30. The van der Waals surface area contributed by atoms with Crippen LogP contribution in [0.5, 0.6) is 0 Å². The van der Waals surface area contributed by atoms with E-state index in [2.05, 4.69) is 43.8 Å². The molecule has 1 aromatic heterocycles. The number of piperidine rings is 1. The maximum absolute atomic E-state index is 13.3. The molecule has 2 bridgehead atoms. The second-order valence-corrected chi connectivity index (χ2v) is 8.60. The van der Waals surface area contributed by atoms with E-state index in [0.717, 1.165) is 56.8 Å². The Labute approximate surface area is 172 Å². The van der Waals surface area contributed by atoms with Crippen molar-refractivity contribution in [3.8, 4) is 0 Å². The van der Waals surface area contributed by atoms with Crippen LogP contribution in [0, 0.1) is 5.92 Å². The SMILES string of the molecule is O=C(c1ccc(C2CCNN2)cc1)N1C[C@H]2CC[C@@H]1CN(Cc1ccccn1)C2. The molecule has 3 atom stereocenters. The van der Waals surface area contributed by atoms with Crippen molar-refractivity contribution >= 4 is 5.91 Å². The summed E-state index contributed by atoms with van der Waals surface area (Å²) in [6.45, 7) is 4.72. The van der Waals surface area contributed by atoms with Crippen LogP contribution >= 0.6 is 0 Å². The second-order valence-electron chi connectivity index (χ2n) is 8.60. The first-order valence-corrected chi connectivity index (χ1v) is 10.8. The van der Waals surface area contributed by atoms with Gasteiger partial charge in [-0.2, -0.15) is 0 Å². The van der Waals surface area contributed by atoms with E-state index >= 15 is 0 Å². The lowest BCUT2D eigenvalue weighted by molar-refractivity contribution is 0.0585. The second kappa shape index (κ2) is 8.22. The number of amides is 1. The lowest BCUT2D eigenvalue weighted by Gasteiger charge is -2.36. The van der Waals surface area contributed by atoms with Crippen LogP contribution in [-0.4, -0.2) is 52.9 Å². The normalized spacial score (nSPS) is 27.2. The zero-order valence-electron chi connectivity index (χ0n) is 16.8. The average Bonchev–Trinajstić information content (AvgIpc) is 3.16. The quantitative estimate of drug-likeness (QED) is 0.838. The number of rotatable bonds is 4. The summed E-state index contributed by atoms with van der Waals surface area (Å²) in [5.41, 5.74) is 9.61. The molecule has 4 saturated heterocycles. The third-order valence-electron chi connectivity index (χ3n) is 6.56. The average molecular weight is 392 g/mol. The molecule has 6 nitrogen and oxygen atoms in total. The summed E-state index contributed by atoms with van der Waals surface area (Å²) in [6, 6.07) is 14.9. The fourth-order valence-corrected chi connectivity index (χ4v) is 5.04. The third-order valence-corrected chi connectivity index (χ3v) is 6.56. The molecule has 2 N–H and O–H groups in total. The summed E-state index contributed by atoms with van der Waals surface area (Å²) in [6.07, 6.45) is 5.25. The van der Waals surface area contributed by atoms with E-state index in [1.165, 1.54) is 12.0 Å². The highest BCUT2D eigenvalue weighted by Gasteiger charge is 2.37. The number of carbonyl (C=O) groups is 1. The smallest absolute Gasteiger partial charge is 0.254 e. The molecule has 5 heterocycles. The number of hydrogen-bond acceptors (Lipinski definition) is 5. The molecule has 6 heteroatoms. The van der Waals surface area contributed by atoms with Gasteiger partial charge in [-0.1, -0.05) is 18.2 Å². The van der Waals surface area contributed by atoms with E-state index < -0.39 is 0 Å². The van der Waals surface area contributed by atoms with Crippen molar-refractivity contribution in [1.29, 1.82) is 0 Å². The summed E-state index contributed by atoms with van der Waals surface area (Å²) in [5.74, 6) is 0.734. The predicted octanol–water partition coefficient (Wildman–Crippen LogP) is 2.36. The van der Waals surface area contributed by atoms with Crippen LogP contribution in [-0.2, 0) is 6.54 Å². The molecule has 4 fully saturated rings. The zero-order valence-corrected chi connectivity index (χ0v) is 16.8. The molecule has 1 aromatic carbocycles. The van der Waals surface area contributed by atoms with Gasteiger partial charge < -0.3 is 4.90 Å². The van der Waals surface area contributed by atoms with Crippen molar-refractivity contribution in [2.75, 3.05) is 26.2 Å². The van der Waals surface area contributed by atoms with Gasteiger partial charge in [-0.3, -0.25) is 25.5 Å². The van der Waals surface area contributed by atoms with E-state index in [9.17, 15) is 4.79 Å². The van der Waals surface area contributed by atoms with Crippen LogP contribution in [0.3, 0.4) is 0 Å². The lowest BCUT2D eigenvalue weighted by atomic mass is 9.94. The molecule has 4 aliphatic heterocycles. The number of fused-ring (bicyclic) bond motifs is 4. The van der Waals surface area contributed by atoms with E-state index in [1.807, 2.05) is 30.5 Å². The molecule has 0 saturated carbocycles. The fourth-order valence-electron chi connectivity index (χ4n) is 5.04. The van der Waals surface area contributed by atoms with Crippen LogP contribution < -0.4 is 10.9 Å². The minimum absolute atomic E-state index is 0.184. The molecule has 1 unspecified atom stereocenters. The van der Waals surface area contributed by atoms with Gasteiger partial charge in [-0.15, -0.1) is 0 Å². The summed E-state index contributed by atoms with van der Waals surface area (Å²) >= 11 is 0. The molecular weight excluding hydrogens is 362 g/mol. The standard InChI is InChI=1S/C23H29N5O/c29-23(19-7-5-18(6-8-19)22-10-12-25-26-22)28-14-17-4-9-21(28)16-27(13-17)15-20-3-1-2-11-24-20/h1-3,5-8,11,17,21-22,25-26H,4,9-10,12-16H2/t17-,21+,22?/m0/s1. The van der Waals surface area contributed by atoms with Gasteiger partial charge in [0.25, 0.3) is 5.91 Å². The van der Waals surface area contributed by atoms with Crippen LogP contribution in [0.4, 0.5) is 0 Å². The van der Waals surface area contributed by atoms with E-state index in [-0.39, 0.29) is 5.91 Å². The molecule has 4 aliphatic rings. The maximum atomic E-state index is 13.3. The van der Waals surface area contributed by atoms with Crippen molar-refractivity contribution in [1.82, 2.24) is 25.6 Å². The van der Waals surface area contributed by atoms with Crippen LogP contribution in [0.1, 0.15) is 46.9 Å². The van der Waals surface area contributed by atoms with E-state index in [1.54, 1.807) is 0 Å². The number of nitrogens with zero attached hydrogens (tertiary/aromatic N) is 3. The number of pyridine rings is 1. The summed E-state index contributed by atoms with van der Waals surface area (Å²) in [5, 5.41) is 0. The van der Waals surface area contributed by atoms with E-state index in [0.29, 0.717) is 18.0 Å². The Balaban J connectivity index is 1.28. The molecule has 0 aliphatic carbocycles. The van der Waals surface area contributed by atoms with Gasteiger partial charge >= 0.3 is 0 Å². The Morgan fingerprint density at radius 2 is 1.93 bits per heavy atom. The highest BCUT2D eigenvalue weighted by atomic mass is 16.2. The Morgan fingerprint density at radius 3 is 2.69 bits per heavy atom. The van der Waals surface area contributed by atoms with Gasteiger partial charge in [0.15, 0.2) is 0 Å². The number of hydrogen-bond donors (Lipinski definition) is 2. The third kappa shape index (κ3) is 4.06. The first-order valence-electron chi connectivity index (χ1n) is 10.8. The minimum atomic E-state index is 0.184. The molecule has 152 valence electrons. The van der Waals surface area contributed by atoms with Crippen LogP contribution in [0.2, 0.25) is 0 Å². The van der Waals surface area contributed by atoms with Gasteiger partial charge in [0.1, 0.15) is 0 Å². The zero-order chi connectivity index (χ0) is 19.6. The Morgan fingerprint density at radius 1 is 1.03 bits per heavy atom. The van der Waals surface area contributed by atoms with Crippen molar-refractivity contribution in [3.63, 3.8) is 0 Å². The number of benzene rings is 1. The fraction of sp³-hybridized carbons (Fsp3) is 0.478. The maximum Gasteiger partial charge on any atom is 0.254 e. The number of nitrogens with one attached hydrogen (secondary N) is 2. The molecule has 0 spiro atoms. The largest absolute Gasteiger partial charge is 0.334 e. The van der Waals surface area contributed by atoms with Gasteiger partial charge in [-0.25, -0.2) is 0 Å². The molecule has 0 radical (unpaired) electrons. The molecule has 6 rings (SSSR count). The summed E-state index contributed by atoms with van der Waals surface area (Å²) in [4.78, 5) is 22.4. The molecule has 2 aromatic rings. The lowest BCUT2D eigenvalue weighted by Crippen LogP contribution is -2.47. The van der Waals surface area contributed by atoms with Gasteiger partial charge in [0.05, 0.1) is 5.69 Å². The van der Waals surface area contributed by atoms with Crippen molar-refractivity contribution in [2.45, 2.75) is 37.9 Å². The topological polar surface area (TPSA) is 60.5 Å². The monoisotopic (exact) mass is 391 g/mol. The van der Waals surface area contributed by atoms with Gasteiger partial charge in [0, 0.05) is 56.6 Å². The summed E-state index contributed by atoms with van der Waals surface area (Å²) < 4.78 is 0. The molecular formula is C23H29N5O. The van der Waals surface area contributed by atoms with Crippen molar-refractivity contribution < 1.29 is 4.79 Å². The van der Waals surface area contributed by atoms with Crippen molar-refractivity contribution in [3.05, 3.63) is 65.5 Å². The summed E-state index contributed by atoms with van der Waals surface area (Å²) in [7, 11) is 0. The number of aromatic nitrogens is 1. The van der Waals surface area contributed by atoms with Gasteiger partial charge in [-0.05, 0) is 55.0 Å². The Bertz CT molecular complexity index is 834. The van der Waals surface area contributed by atoms with Crippen LogP contribution in [0.15, 0.2) is 48.7 Å². The number of carbonyl (C=O) groups excluding carboxylic acids is 1. The number of hydrazine groups is 1. The molecule has 1 amide bonds. The Kier molecular flexibility index (Phi) is 5.31. The Hall–Kier alpha value is -2.28. The minimum Gasteiger partial charge on any atom is -0.334 e. The molecule has 29 heavy (non-hydrogen) atoms. The van der Waals surface area contributed by atoms with Gasteiger partial charge in [0.2, 0.25) is 0 Å². The first kappa shape index (κ1) is 18.7. The first-order chi connectivity index (χ1) is 14.3. The van der Waals surface area contributed by atoms with Crippen LogP contribution in [0.25, 0.3) is 0 Å². The highest BCUT2D eigenvalue weighted by molar-refractivity contribution is 5.94. The predicted molar refractivity (Wildman–Crippen MR) is 112 cm³/mol.